The second kappa shape index (κ2) is 7.53. The Hall–Kier alpha value is -3.66. The van der Waals surface area contributed by atoms with Crippen LogP contribution in [-0.4, -0.2) is 37.5 Å². The fraction of sp³-hybridized carbons (Fsp3) is 0.111. The number of thiazole rings is 1. The maximum atomic E-state index is 11.9. The minimum Gasteiger partial charge on any atom is -0.368 e. The molecule has 0 saturated heterocycles. The van der Waals surface area contributed by atoms with Crippen LogP contribution >= 0.6 is 11.3 Å². The van der Waals surface area contributed by atoms with Crippen molar-refractivity contribution in [1.82, 2.24) is 30.2 Å². The number of aromatic nitrogens is 5. The minimum absolute atomic E-state index is 0.202. The van der Waals surface area contributed by atoms with Crippen molar-refractivity contribution < 1.29 is 4.79 Å². The molecular weight excluding hydrogens is 376 g/mol. The van der Waals surface area contributed by atoms with Gasteiger partial charge in [0.2, 0.25) is 5.95 Å². The third-order valence-corrected chi connectivity index (χ3v) is 4.91. The quantitative estimate of drug-likeness (QED) is 0.486. The van der Waals surface area contributed by atoms with Crippen LogP contribution < -0.4 is 16.4 Å². The van der Waals surface area contributed by atoms with Crippen molar-refractivity contribution >= 4 is 38.7 Å². The molecule has 4 aromatic rings. The maximum absolute atomic E-state index is 11.9. The van der Waals surface area contributed by atoms with Crippen molar-refractivity contribution in [2.24, 2.45) is 0 Å². The Labute approximate surface area is 164 Å². The highest BCUT2D eigenvalue weighted by Gasteiger charge is 2.15. The van der Waals surface area contributed by atoms with E-state index in [-0.39, 0.29) is 12.0 Å². The summed E-state index contributed by atoms with van der Waals surface area (Å²) in [4.78, 5) is 33.1. The summed E-state index contributed by atoms with van der Waals surface area (Å²) in [6, 6.07) is 3.60. The smallest absolute Gasteiger partial charge is 0.321 e. The van der Waals surface area contributed by atoms with Crippen LogP contribution in [0.5, 0.6) is 0 Å². The number of anilines is 2. The zero-order valence-corrected chi connectivity index (χ0v) is 15.7. The molecule has 3 aromatic heterocycles. The molecule has 0 radical (unpaired) electrons. The van der Waals surface area contributed by atoms with Crippen LogP contribution in [-0.2, 0) is 0 Å². The number of fused-ring (bicyclic) bond motifs is 1. The van der Waals surface area contributed by atoms with Gasteiger partial charge in [0.15, 0.2) is 5.13 Å². The van der Waals surface area contributed by atoms with E-state index in [1.807, 2.05) is 19.1 Å². The largest absolute Gasteiger partial charge is 0.368 e. The highest BCUT2D eigenvalue weighted by molar-refractivity contribution is 7.22. The molecule has 0 aliphatic heterocycles. The Morgan fingerprint density at radius 3 is 2.64 bits per heavy atom. The van der Waals surface area contributed by atoms with Gasteiger partial charge in [0.05, 0.1) is 22.1 Å². The van der Waals surface area contributed by atoms with Crippen LogP contribution in [0.15, 0.2) is 43.1 Å². The Morgan fingerprint density at radius 2 is 1.93 bits per heavy atom. The van der Waals surface area contributed by atoms with Crippen molar-refractivity contribution in [3.05, 3.63) is 43.1 Å². The Morgan fingerprint density at radius 1 is 1.11 bits per heavy atom. The molecule has 4 N–H and O–H groups in total. The second-order valence-corrected chi connectivity index (χ2v) is 6.80. The van der Waals surface area contributed by atoms with E-state index in [9.17, 15) is 4.79 Å². The van der Waals surface area contributed by atoms with Gasteiger partial charge in [0, 0.05) is 48.0 Å². The molecule has 0 fully saturated rings. The molecule has 2 amide bonds. The molecule has 10 heteroatoms. The summed E-state index contributed by atoms with van der Waals surface area (Å²) in [5, 5.41) is 5.95. The molecule has 0 saturated carbocycles. The summed E-state index contributed by atoms with van der Waals surface area (Å²) in [5.74, 6) is 0.202. The lowest BCUT2D eigenvalue weighted by Gasteiger charge is -2.06. The topological polar surface area (TPSA) is 132 Å². The zero-order chi connectivity index (χ0) is 19.5. The summed E-state index contributed by atoms with van der Waals surface area (Å²) >= 11 is 1.38. The first kappa shape index (κ1) is 17.7. The van der Waals surface area contributed by atoms with Crippen LogP contribution in [0.2, 0.25) is 0 Å². The van der Waals surface area contributed by atoms with Crippen LogP contribution in [0.4, 0.5) is 15.9 Å². The predicted molar refractivity (Wildman–Crippen MR) is 109 cm³/mol. The van der Waals surface area contributed by atoms with E-state index in [0.717, 1.165) is 26.9 Å². The Balaban J connectivity index is 1.86. The molecular formula is C18H16N8OS. The van der Waals surface area contributed by atoms with Gasteiger partial charge in [-0.15, -0.1) is 0 Å². The molecule has 0 aliphatic rings. The Bertz CT molecular complexity index is 1130. The standard InChI is InChI=1S/C18H16N8OS/c1-2-21-17(27)26-18-25-13-6-10(14-9-20-3-4-22-14)5-12(15(13)28-18)11-7-23-16(19)24-8-11/h3-9H,2H2,1H3,(H2,19,23,24)(H2,21,25,26,27). The lowest BCUT2D eigenvalue weighted by atomic mass is 10.0. The SMILES string of the molecule is CCNC(=O)Nc1nc2cc(-c3cnccn3)cc(-c3cnc(N)nc3)c2s1. The van der Waals surface area contributed by atoms with E-state index in [0.29, 0.717) is 17.4 Å². The normalized spacial score (nSPS) is 10.8. The zero-order valence-electron chi connectivity index (χ0n) is 14.9. The monoisotopic (exact) mass is 392 g/mol. The van der Waals surface area contributed by atoms with Crippen LogP contribution in [0.1, 0.15) is 6.92 Å². The van der Waals surface area contributed by atoms with Gasteiger partial charge in [-0.25, -0.2) is 19.7 Å². The lowest BCUT2D eigenvalue weighted by Crippen LogP contribution is -2.28. The highest BCUT2D eigenvalue weighted by Crippen LogP contribution is 2.38. The van der Waals surface area contributed by atoms with Crippen LogP contribution in [0.3, 0.4) is 0 Å². The van der Waals surface area contributed by atoms with Crippen LogP contribution in [0.25, 0.3) is 32.6 Å². The molecule has 3 heterocycles. The number of carbonyl (C=O) groups is 1. The molecule has 0 atom stereocenters. The number of carbonyl (C=O) groups excluding carboxylic acids is 1. The third-order valence-electron chi connectivity index (χ3n) is 3.89. The molecule has 4 rings (SSSR count). The third kappa shape index (κ3) is 3.58. The molecule has 9 nitrogen and oxygen atoms in total. The number of nitrogens with one attached hydrogen (secondary N) is 2. The summed E-state index contributed by atoms with van der Waals surface area (Å²) in [7, 11) is 0. The van der Waals surface area contributed by atoms with Gasteiger partial charge in [0.25, 0.3) is 0 Å². The molecule has 28 heavy (non-hydrogen) atoms. The van der Waals surface area contributed by atoms with Gasteiger partial charge in [-0.05, 0) is 19.1 Å². The van der Waals surface area contributed by atoms with E-state index in [1.54, 1.807) is 31.0 Å². The van der Waals surface area contributed by atoms with E-state index in [4.69, 9.17) is 5.73 Å². The van der Waals surface area contributed by atoms with Gasteiger partial charge in [-0.1, -0.05) is 11.3 Å². The number of hydrogen-bond acceptors (Lipinski definition) is 8. The number of urea groups is 1. The second-order valence-electron chi connectivity index (χ2n) is 5.80. The minimum atomic E-state index is -0.298. The number of hydrogen-bond donors (Lipinski definition) is 3. The van der Waals surface area contributed by atoms with E-state index >= 15 is 0 Å². The van der Waals surface area contributed by atoms with E-state index in [2.05, 4.69) is 35.6 Å². The van der Waals surface area contributed by atoms with E-state index < -0.39 is 0 Å². The first-order valence-corrected chi connectivity index (χ1v) is 9.29. The molecule has 0 bridgehead atoms. The fourth-order valence-corrected chi connectivity index (χ4v) is 3.65. The van der Waals surface area contributed by atoms with Gasteiger partial charge in [-0.3, -0.25) is 15.3 Å². The molecule has 0 spiro atoms. The number of nitrogens with two attached hydrogens (primary N) is 1. The van der Waals surface area contributed by atoms with E-state index in [1.165, 1.54) is 11.3 Å². The molecule has 1 aromatic carbocycles. The van der Waals surface area contributed by atoms with Crippen molar-refractivity contribution in [3.8, 4) is 22.4 Å². The number of benzene rings is 1. The first-order valence-electron chi connectivity index (χ1n) is 8.47. The maximum Gasteiger partial charge on any atom is 0.321 e. The van der Waals surface area contributed by atoms with Gasteiger partial charge >= 0.3 is 6.03 Å². The lowest BCUT2D eigenvalue weighted by molar-refractivity contribution is 0.252. The van der Waals surface area contributed by atoms with Crippen LogP contribution in [0, 0.1) is 0 Å². The van der Waals surface area contributed by atoms with Crippen molar-refractivity contribution in [3.63, 3.8) is 0 Å². The Kier molecular flexibility index (Phi) is 4.77. The van der Waals surface area contributed by atoms with Gasteiger partial charge in [0.1, 0.15) is 0 Å². The predicted octanol–water partition coefficient (Wildman–Crippen LogP) is 2.93. The fourth-order valence-electron chi connectivity index (χ4n) is 2.68. The van der Waals surface area contributed by atoms with Gasteiger partial charge < -0.3 is 11.1 Å². The highest BCUT2D eigenvalue weighted by atomic mass is 32.1. The molecule has 0 aliphatic carbocycles. The summed E-state index contributed by atoms with van der Waals surface area (Å²) < 4.78 is 0.896. The number of nitrogens with zero attached hydrogens (tertiary/aromatic N) is 5. The average molecular weight is 392 g/mol. The first-order chi connectivity index (χ1) is 13.6. The molecule has 0 unspecified atom stereocenters. The summed E-state index contributed by atoms with van der Waals surface area (Å²) in [5.41, 5.74) is 9.58. The number of nitrogen functional groups attached to an aromatic ring is 1. The summed E-state index contributed by atoms with van der Waals surface area (Å²) in [6.07, 6.45) is 8.26. The summed E-state index contributed by atoms with van der Waals surface area (Å²) in [6.45, 7) is 2.38. The van der Waals surface area contributed by atoms with Crippen molar-refractivity contribution in [2.75, 3.05) is 17.6 Å². The number of rotatable bonds is 4. The van der Waals surface area contributed by atoms with Crippen molar-refractivity contribution in [1.29, 1.82) is 0 Å². The number of amides is 2. The molecule has 140 valence electrons. The van der Waals surface area contributed by atoms with Crippen molar-refractivity contribution in [2.45, 2.75) is 6.92 Å². The van der Waals surface area contributed by atoms with Gasteiger partial charge in [-0.2, -0.15) is 0 Å². The average Bonchev–Trinajstić information content (AvgIpc) is 3.11.